The molecule has 1 aromatic heterocycles. The van der Waals surface area contributed by atoms with E-state index in [0.717, 1.165) is 30.5 Å². The minimum absolute atomic E-state index is 0.00648. The monoisotopic (exact) mass is 195 g/mol. The number of hydrogen-bond acceptors (Lipinski definition) is 3. The molecule has 14 heavy (non-hydrogen) atoms. The third-order valence-electron chi connectivity index (χ3n) is 3.16. The van der Waals surface area contributed by atoms with E-state index in [2.05, 4.69) is 5.10 Å². The van der Waals surface area contributed by atoms with Crippen LogP contribution in [0.2, 0.25) is 0 Å². The van der Waals surface area contributed by atoms with Gasteiger partial charge in [0.1, 0.15) is 0 Å². The van der Waals surface area contributed by atoms with E-state index in [-0.39, 0.29) is 6.61 Å². The molecule has 0 aliphatic heterocycles. The minimum Gasteiger partial charge on any atom is -0.394 e. The van der Waals surface area contributed by atoms with Crippen LogP contribution >= 0.6 is 0 Å². The van der Waals surface area contributed by atoms with Crippen molar-refractivity contribution in [3.8, 4) is 0 Å². The van der Waals surface area contributed by atoms with Crippen molar-refractivity contribution in [2.45, 2.75) is 31.7 Å². The van der Waals surface area contributed by atoms with E-state index in [1.54, 1.807) is 0 Å². The molecule has 1 atom stereocenters. The molecule has 3 N–H and O–H groups in total. The van der Waals surface area contributed by atoms with E-state index in [0.29, 0.717) is 0 Å². The number of aliphatic hydroxyl groups excluding tert-OH is 1. The maximum absolute atomic E-state index is 9.37. The second-order valence-electron chi connectivity index (χ2n) is 4.20. The Labute approximate surface area is 83.7 Å². The first-order valence-electron chi connectivity index (χ1n) is 5.01. The van der Waals surface area contributed by atoms with Crippen LogP contribution in [0.15, 0.2) is 0 Å². The fraction of sp³-hybridized carbons (Fsp3) is 0.700. The maximum Gasteiger partial charge on any atom is 0.0680 e. The Balaban J connectivity index is 2.59. The molecule has 0 saturated heterocycles. The van der Waals surface area contributed by atoms with Gasteiger partial charge in [0, 0.05) is 18.3 Å². The van der Waals surface area contributed by atoms with E-state index >= 15 is 0 Å². The standard InChI is InChI=1S/C10H17N3O/c1-7-9-8(13(2)12-7)4-3-5-10(9,11)6-14/h14H,3-6,11H2,1-2H3. The SMILES string of the molecule is Cc1nn(C)c2c1C(N)(CO)CCC2. The van der Waals surface area contributed by atoms with Gasteiger partial charge in [-0.15, -0.1) is 0 Å². The van der Waals surface area contributed by atoms with Gasteiger partial charge in [0.15, 0.2) is 0 Å². The van der Waals surface area contributed by atoms with Crippen LogP contribution in [0.5, 0.6) is 0 Å². The van der Waals surface area contributed by atoms with E-state index < -0.39 is 5.54 Å². The summed E-state index contributed by atoms with van der Waals surface area (Å²) >= 11 is 0. The summed E-state index contributed by atoms with van der Waals surface area (Å²) in [5.74, 6) is 0. The van der Waals surface area contributed by atoms with Gasteiger partial charge in [0.05, 0.1) is 17.8 Å². The van der Waals surface area contributed by atoms with Crippen molar-refractivity contribution in [2.75, 3.05) is 6.61 Å². The van der Waals surface area contributed by atoms with Crippen LogP contribution in [0, 0.1) is 6.92 Å². The van der Waals surface area contributed by atoms with Gasteiger partial charge in [-0.2, -0.15) is 5.10 Å². The molecule has 0 amide bonds. The third-order valence-corrected chi connectivity index (χ3v) is 3.16. The Morgan fingerprint density at radius 2 is 2.36 bits per heavy atom. The van der Waals surface area contributed by atoms with Crippen LogP contribution in [0.1, 0.15) is 29.8 Å². The van der Waals surface area contributed by atoms with Gasteiger partial charge in [-0.05, 0) is 26.2 Å². The molecular formula is C10H17N3O. The first kappa shape index (κ1) is 9.68. The highest BCUT2D eigenvalue weighted by atomic mass is 16.3. The van der Waals surface area contributed by atoms with E-state index in [1.807, 2.05) is 18.7 Å². The van der Waals surface area contributed by atoms with Crippen LogP contribution in [-0.2, 0) is 19.0 Å². The molecule has 0 bridgehead atoms. The number of aliphatic hydroxyl groups is 1. The lowest BCUT2D eigenvalue weighted by Crippen LogP contribution is -2.43. The van der Waals surface area contributed by atoms with Crippen molar-refractivity contribution in [1.82, 2.24) is 9.78 Å². The molecule has 0 aromatic carbocycles. The first-order chi connectivity index (χ1) is 6.58. The smallest absolute Gasteiger partial charge is 0.0680 e. The second-order valence-corrected chi connectivity index (χ2v) is 4.20. The fourth-order valence-corrected chi connectivity index (χ4v) is 2.49. The van der Waals surface area contributed by atoms with Crippen LogP contribution in [-0.4, -0.2) is 21.5 Å². The molecule has 2 rings (SSSR count). The topological polar surface area (TPSA) is 64.1 Å². The molecule has 0 spiro atoms. The van der Waals surface area contributed by atoms with Gasteiger partial charge in [-0.25, -0.2) is 0 Å². The average molecular weight is 195 g/mol. The van der Waals surface area contributed by atoms with Crippen molar-refractivity contribution >= 4 is 0 Å². The minimum atomic E-state index is -0.564. The molecule has 1 heterocycles. The van der Waals surface area contributed by atoms with Crippen LogP contribution < -0.4 is 5.73 Å². The normalized spacial score (nSPS) is 26.3. The summed E-state index contributed by atoms with van der Waals surface area (Å²) < 4.78 is 1.89. The van der Waals surface area contributed by atoms with Crippen LogP contribution in [0.4, 0.5) is 0 Å². The molecule has 4 heteroatoms. The van der Waals surface area contributed by atoms with Crippen LogP contribution in [0.3, 0.4) is 0 Å². The number of nitrogens with two attached hydrogens (primary N) is 1. The molecule has 1 unspecified atom stereocenters. The Hall–Kier alpha value is -0.870. The van der Waals surface area contributed by atoms with Gasteiger partial charge in [-0.1, -0.05) is 0 Å². The number of aromatic nitrogens is 2. The number of nitrogens with zero attached hydrogens (tertiary/aromatic N) is 2. The molecular weight excluding hydrogens is 178 g/mol. The average Bonchev–Trinajstić information content (AvgIpc) is 2.44. The molecule has 0 fully saturated rings. The quantitative estimate of drug-likeness (QED) is 0.673. The predicted molar refractivity (Wildman–Crippen MR) is 53.8 cm³/mol. The van der Waals surface area contributed by atoms with Gasteiger partial charge in [0.2, 0.25) is 0 Å². The van der Waals surface area contributed by atoms with Gasteiger partial charge in [-0.3, -0.25) is 4.68 Å². The molecule has 1 aliphatic rings. The zero-order valence-corrected chi connectivity index (χ0v) is 8.75. The molecule has 0 saturated carbocycles. The van der Waals surface area contributed by atoms with Crippen molar-refractivity contribution in [2.24, 2.45) is 12.8 Å². The molecule has 1 aromatic rings. The van der Waals surface area contributed by atoms with E-state index in [1.165, 1.54) is 5.69 Å². The number of fused-ring (bicyclic) bond motifs is 1. The Kier molecular flexibility index (Phi) is 2.12. The molecule has 0 radical (unpaired) electrons. The summed E-state index contributed by atoms with van der Waals surface area (Å²) in [5.41, 5.74) is 8.82. The maximum atomic E-state index is 9.37. The highest BCUT2D eigenvalue weighted by Crippen LogP contribution is 2.34. The number of rotatable bonds is 1. The van der Waals surface area contributed by atoms with Crippen molar-refractivity contribution in [3.63, 3.8) is 0 Å². The number of aryl methyl sites for hydroxylation is 2. The Bertz CT molecular complexity index is 358. The van der Waals surface area contributed by atoms with Crippen molar-refractivity contribution in [1.29, 1.82) is 0 Å². The Morgan fingerprint density at radius 1 is 1.64 bits per heavy atom. The molecule has 4 nitrogen and oxygen atoms in total. The van der Waals surface area contributed by atoms with Crippen LogP contribution in [0.25, 0.3) is 0 Å². The van der Waals surface area contributed by atoms with Gasteiger partial charge in [0.25, 0.3) is 0 Å². The first-order valence-corrected chi connectivity index (χ1v) is 5.01. The summed E-state index contributed by atoms with van der Waals surface area (Å²) in [7, 11) is 1.94. The van der Waals surface area contributed by atoms with Crippen molar-refractivity contribution in [3.05, 3.63) is 17.0 Å². The zero-order chi connectivity index (χ0) is 10.3. The lowest BCUT2D eigenvalue weighted by Gasteiger charge is -2.32. The van der Waals surface area contributed by atoms with Gasteiger partial charge >= 0.3 is 0 Å². The lowest BCUT2D eigenvalue weighted by atomic mass is 9.79. The summed E-state index contributed by atoms with van der Waals surface area (Å²) in [4.78, 5) is 0. The largest absolute Gasteiger partial charge is 0.394 e. The van der Waals surface area contributed by atoms with E-state index in [9.17, 15) is 5.11 Å². The number of hydrogen-bond donors (Lipinski definition) is 2. The van der Waals surface area contributed by atoms with Gasteiger partial charge < -0.3 is 10.8 Å². The fourth-order valence-electron chi connectivity index (χ4n) is 2.49. The summed E-state index contributed by atoms with van der Waals surface area (Å²) in [6.07, 6.45) is 2.90. The third kappa shape index (κ3) is 1.18. The summed E-state index contributed by atoms with van der Waals surface area (Å²) in [6, 6.07) is 0. The van der Waals surface area contributed by atoms with Crippen molar-refractivity contribution < 1.29 is 5.11 Å². The second kappa shape index (κ2) is 3.07. The highest BCUT2D eigenvalue weighted by molar-refractivity contribution is 5.35. The van der Waals surface area contributed by atoms with E-state index in [4.69, 9.17) is 5.73 Å². The summed E-state index contributed by atoms with van der Waals surface area (Å²) in [5, 5.41) is 13.7. The predicted octanol–water partition coefficient (Wildman–Crippen LogP) is 0.211. The zero-order valence-electron chi connectivity index (χ0n) is 8.75. The molecule has 78 valence electrons. The highest BCUT2D eigenvalue weighted by Gasteiger charge is 2.36. The molecule has 1 aliphatic carbocycles. The lowest BCUT2D eigenvalue weighted by molar-refractivity contribution is 0.177. The summed E-state index contributed by atoms with van der Waals surface area (Å²) in [6.45, 7) is 1.97. The Morgan fingerprint density at radius 3 is 3.00 bits per heavy atom.